The molecular weight excluding hydrogens is 234 g/mol. The van der Waals surface area contributed by atoms with Crippen LogP contribution in [0.25, 0.3) is 0 Å². The average molecular weight is 249 g/mol. The molecule has 0 saturated carbocycles. The summed E-state index contributed by atoms with van der Waals surface area (Å²) in [5.74, 6) is -1.65. The van der Waals surface area contributed by atoms with Crippen molar-refractivity contribution in [2.24, 2.45) is 0 Å². The fraction of sp³-hybridized carbons (Fsp3) is 0.308. The number of nitrogens with one attached hydrogen (secondary N) is 1. The number of Topliss-reactive ketones (excluding diaryl/α,β-unsaturated/α-hetero) is 1. The maximum Gasteiger partial charge on any atom is 0.303 e. The Hall–Kier alpha value is -2.17. The molecule has 0 fully saturated rings. The summed E-state index contributed by atoms with van der Waals surface area (Å²) in [7, 11) is 0. The van der Waals surface area contributed by atoms with Gasteiger partial charge in [0.05, 0.1) is 12.5 Å². The molecule has 0 aliphatic rings. The highest BCUT2D eigenvalue weighted by molar-refractivity contribution is 5.98. The van der Waals surface area contributed by atoms with E-state index in [9.17, 15) is 14.4 Å². The van der Waals surface area contributed by atoms with Gasteiger partial charge in [-0.15, -0.1) is 0 Å². The first-order valence-corrected chi connectivity index (χ1v) is 5.61. The molecule has 5 heteroatoms. The van der Waals surface area contributed by atoms with E-state index in [0.717, 1.165) is 0 Å². The highest BCUT2D eigenvalue weighted by Crippen LogP contribution is 2.01. The number of benzene rings is 1. The van der Waals surface area contributed by atoms with Gasteiger partial charge in [-0.1, -0.05) is 18.2 Å². The molecule has 0 aliphatic carbocycles. The number of carboxylic acids is 1. The van der Waals surface area contributed by atoms with Gasteiger partial charge in [0.1, 0.15) is 0 Å². The highest BCUT2D eigenvalue weighted by atomic mass is 16.4. The van der Waals surface area contributed by atoms with Crippen LogP contribution in [0.3, 0.4) is 0 Å². The summed E-state index contributed by atoms with van der Waals surface area (Å²) in [5, 5.41) is 11.0. The van der Waals surface area contributed by atoms with Crippen LogP contribution in [0.4, 0.5) is 0 Å². The minimum atomic E-state index is -1.02. The van der Waals surface area contributed by atoms with E-state index >= 15 is 0 Å². The summed E-state index contributed by atoms with van der Waals surface area (Å²) in [4.78, 5) is 33.6. The third kappa shape index (κ3) is 4.37. The number of rotatable bonds is 6. The van der Waals surface area contributed by atoms with Crippen molar-refractivity contribution < 1.29 is 19.5 Å². The molecule has 0 bridgehead atoms. The Morgan fingerprint density at radius 3 is 2.33 bits per heavy atom. The molecule has 0 saturated heterocycles. The third-order valence-electron chi connectivity index (χ3n) is 2.45. The second-order valence-electron chi connectivity index (χ2n) is 3.92. The molecule has 96 valence electrons. The summed E-state index contributed by atoms with van der Waals surface area (Å²) in [6.07, 6.45) is -0.296. The Morgan fingerprint density at radius 1 is 1.17 bits per heavy atom. The van der Waals surface area contributed by atoms with Gasteiger partial charge in [0, 0.05) is 12.0 Å². The van der Waals surface area contributed by atoms with Crippen molar-refractivity contribution in [3.63, 3.8) is 0 Å². The van der Waals surface area contributed by atoms with Crippen LogP contribution in [-0.2, 0) is 9.59 Å². The zero-order chi connectivity index (χ0) is 13.5. The molecule has 0 radical (unpaired) electrons. The van der Waals surface area contributed by atoms with Crippen molar-refractivity contribution in [3.8, 4) is 0 Å². The van der Waals surface area contributed by atoms with Gasteiger partial charge in [0.15, 0.2) is 5.78 Å². The second kappa shape index (κ2) is 6.54. The molecule has 0 aliphatic heterocycles. The normalized spacial score (nSPS) is 11.6. The van der Waals surface area contributed by atoms with Gasteiger partial charge in [-0.05, 0) is 19.1 Å². The Labute approximate surface area is 105 Å². The van der Waals surface area contributed by atoms with E-state index in [2.05, 4.69) is 5.32 Å². The Balaban J connectivity index is 2.49. The number of carbonyl (C=O) groups is 3. The molecule has 0 spiro atoms. The molecule has 5 nitrogen and oxygen atoms in total. The van der Waals surface area contributed by atoms with Crippen LogP contribution < -0.4 is 5.32 Å². The van der Waals surface area contributed by atoms with Crippen LogP contribution in [0.15, 0.2) is 30.3 Å². The van der Waals surface area contributed by atoms with E-state index in [0.29, 0.717) is 5.56 Å². The molecular formula is C13H15NO4. The predicted octanol–water partition coefficient (Wildman–Crippen LogP) is 1.24. The second-order valence-corrected chi connectivity index (χ2v) is 3.92. The van der Waals surface area contributed by atoms with Crippen LogP contribution in [-0.4, -0.2) is 28.8 Å². The smallest absolute Gasteiger partial charge is 0.303 e. The molecule has 18 heavy (non-hydrogen) atoms. The van der Waals surface area contributed by atoms with E-state index in [4.69, 9.17) is 5.11 Å². The predicted molar refractivity (Wildman–Crippen MR) is 65.2 cm³/mol. The fourth-order valence-electron chi connectivity index (χ4n) is 1.40. The van der Waals surface area contributed by atoms with E-state index < -0.39 is 12.0 Å². The van der Waals surface area contributed by atoms with Gasteiger partial charge in [-0.2, -0.15) is 0 Å². The van der Waals surface area contributed by atoms with E-state index in [1.54, 1.807) is 37.3 Å². The minimum absolute atomic E-state index is 0.0778. The molecule has 0 unspecified atom stereocenters. The SMILES string of the molecule is C[C@H](NC(=O)c1ccccc1)C(=O)CCC(=O)O. The van der Waals surface area contributed by atoms with Crippen molar-refractivity contribution in [1.29, 1.82) is 0 Å². The number of ketones is 1. The molecule has 0 aromatic heterocycles. The highest BCUT2D eigenvalue weighted by Gasteiger charge is 2.17. The fourth-order valence-corrected chi connectivity index (χ4v) is 1.40. The minimum Gasteiger partial charge on any atom is -0.481 e. The van der Waals surface area contributed by atoms with Crippen LogP contribution >= 0.6 is 0 Å². The van der Waals surface area contributed by atoms with Crippen LogP contribution in [0.5, 0.6) is 0 Å². The lowest BCUT2D eigenvalue weighted by Gasteiger charge is -2.12. The number of carbonyl (C=O) groups excluding carboxylic acids is 2. The van der Waals surface area contributed by atoms with Gasteiger partial charge in [-0.3, -0.25) is 14.4 Å². The van der Waals surface area contributed by atoms with Crippen LogP contribution in [0.2, 0.25) is 0 Å². The lowest BCUT2D eigenvalue weighted by molar-refractivity contribution is -0.138. The van der Waals surface area contributed by atoms with Gasteiger partial charge >= 0.3 is 5.97 Å². The molecule has 1 atom stereocenters. The Bertz CT molecular complexity index is 442. The molecule has 0 heterocycles. The molecule has 1 amide bonds. The van der Waals surface area contributed by atoms with Crippen LogP contribution in [0.1, 0.15) is 30.1 Å². The van der Waals surface area contributed by atoms with Crippen molar-refractivity contribution in [3.05, 3.63) is 35.9 Å². The molecule has 2 N–H and O–H groups in total. The van der Waals surface area contributed by atoms with E-state index in [1.807, 2.05) is 0 Å². The summed E-state index contributed by atoms with van der Waals surface area (Å²) >= 11 is 0. The topological polar surface area (TPSA) is 83.5 Å². The maximum atomic E-state index is 11.7. The zero-order valence-corrected chi connectivity index (χ0v) is 10.1. The summed E-state index contributed by atoms with van der Waals surface area (Å²) in [6.45, 7) is 1.55. The quantitative estimate of drug-likeness (QED) is 0.794. The largest absolute Gasteiger partial charge is 0.481 e. The lowest BCUT2D eigenvalue weighted by atomic mass is 10.1. The standard InChI is InChI=1S/C13H15NO4/c1-9(11(15)7-8-12(16)17)14-13(18)10-5-3-2-4-6-10/h2-6,9H,7-8H2,1H3,(H,14,18)(H,16,17)/t9-/m0/s1. The van der Waals surface area contributed by atoms with Crippen molar-refractivity contribution >= 4 is 17.7 Å². The number of carboxylic acid groups (broad SMARTS) is 1. The number of hydrogen-bond acceptors (Lipinski definition) is 3. The van der Waals surface area contributed by atoms with Gasteiger partial charge in [0.2, 0.25) is 0 Å². The Morgan fingerprint density at radius 2 is 1.78 bits per heavy atom. The first kappa shape index (κ1) is 13.9. The molecule has 1 aromatic rings. The lowest BCUT2D eigenvalue weighted by Crippen LogP contribution is -2.38. The number of hydrogen-bond donors (Lipinski definition) is 2. The third-order valence-corrected chi connectivity index (χ3v) is 2.45. The molecule has 1 aromatic carbocycles. The van der Waals surface area contributed by atoms with Crippen LogP contribution in [0, 0.1) is 0 Å². The zero-order valence-electron chi connectivity index (χ0n) is 10.1. The summed E-state index contributed by atoms with van der Waals surface area (Å²) < 4.78 is 0. The van der Waals surface area contributed by atoms with E-state index in [-0.39, 0.29) is 24.5 Å². The van der Waals surface area contributed by atoms with E-state index in [1.165, 1.54) is 0 Å². The summed E-state index contributed by atoms with van der Waals surface area (Å²) in [5.41, 5.74) is 0.468. The van der Waals surface area contributed by atoms with Gasteiger partial charge in [0.25, 0.3) is 5.91 Å². The monoisotopic (exact) mass is 249 g/mol. The van der Waals surface area contributed by atoms with Gasteiger partial charge < -0.3 is 10.4 Å². The Kier molecular flexibility index (Phi) is 5.05. The average Bonchev–Trinajstić information content (AvgIpc) is 2.36. The molecule has 1 rings (SSSR count). The number of amides is 1. The maximum absolute atomic E-state index is 11.7. The first-order chi connectivity index (χ1) is 8.50. The van der Waals surface area contributed by atoms with Crippen molar-refractivity contribution in [1.82, 2.24) is 5.32 Å². The van der Waals surface area contributed by atoms with Crippen molar-refractivity contribution in [2.75, 3.05) is 0 Å². The van der Waals surface area contributed by atoms with Gasteiger partial charge in [-0.25, -0.2) is 0 Å². The number of aliphatic carboxylic acids is 1. The summed E-state index contributed by atoms with van der Waals surface area (Å²) in [6, 6.07) is 7.85. The first-order valence-electron chi connectivity index (χ1n) is 5.61. The van der Waals surface area contributed by atoms with Crippen molar-refractivity contribution in [2.45, 2.75) is 25.8 Å².